The third-order valence-electron chi connectivity index (χ3n) is 1.12. The van der Waals surface area contributed by atoms with E-state index in [1.165, 1.54) is 12.2 Å². The van der Waals surface area contributed by atoms with Gasteiger partial charge in [0.1, 0.15) is 5.83 Å². The van der Waals surface area contributed by atoms with Crippen molar-refractivity contribution in [3.05, 3.63) is 61.5 Å². The Hall–Kier alpha value is -1.37. The second kappa shape index (κ2) is 4.45. The molecule has 0 N–H and O–H groups in total. The molecule has 0 aromatic carbocycles. The first-order valence-electron chi connectivity index (χ1n) is 3.11. The molecule has 0 spiro atoms. The molecule has 0 aromatic heterocycles. The van der Waals surface area contributed by atoms with Crippen LogP contribution in [-0.2, 0) is 0 Å². The van der Waals surface area contributed by atoms with Gasteiger partial charge >= 0.3 is 0 Å². The average Bonchev–Trinajstić information content (AvgIpc) is 1.98. The summed E-state index contributed by atoms with van der Waals surface area (Å²) >= 11 is 0. The van der Waals surface area contributed by atoms with Crippen LogP contribution in [0.25, 0.3) is 0 Å². The van der Waals surface area contributed by atoms with E-state index in [0.29, 0.717) is 11.1 Å². The van der Waals surface area contributed by atoms with Crippen LogP contribution in [0.4, 0.5) is 4.39 Å². The Kier molecular flexibility index (Phi) is 3.89. The van der Waals surface area contributed by atoms with Gasteiger partial charge in [0.25, 0.3) is 0 Å². The Balaban J connectivity index is 4.18. The van der Waals surface area contributed by atoms with Crippen LogP contribution in [-0.4, -0.2) is 0 Å². The van der Waals surface area contributed by atoms with E-state index in [-0.39, 0.29) is 0 Å². The zero-order valence-electron chi connectivity index (χ0n) is 6.44. The maximum absolute atomic E-state index is 12.1. The van der Waals surface area contributed by atoms with Gasteiger partial charge < -0.3 is 0 Å². The van der Waals surface area contributed by atoms with E-state index in [1.54, 1.807) is 6.08 Å². The summed E-state index contributed by atoms with van der Waals surface area (Å²) in [5.41, 5.74) is 1.32. The molecule has 0 amide bonds. The number of allylic oxidation sites excluding steroid dienone is 6. The fourth-order valence-electron chi connectivity index (χ4n) is 0.429. The highest BCUT2D eigenvalue weighted by Crippen LogP contribution is 2.08. The maximum Gasteiger partial charge on any atom is 0.116 e. The Morgan fingerprint density at radius 1 is 1.00 bits per heavy atom. The maximum atomic E-state index is 12.1. The highest BCUT2D eigenvalue weighted by molar-refractivity contribution is 5.42. The molecule has 0 radical (unpaired) electrons. The summed E-state index contributed by atoms with van der Waals surface area (Å²) in [6.07, 6.45) is 4.30. The van der Waals surface area contributed by atoms with Gasteiger partial charge in [-0.25, -0.2) is 4.39 Å². The molecule has 0 nitrogen and oxygen atoms in total. The van der Waals surface area contributed by atoms with E-state index in [4.69, 9.17) is 0 Å². The second-order valence-corrected chi connectivity index (χ2v) is 2.03. The van der Waals surface area contributed by atoms with E-state index < -0.39 is 5.83 Å². The van der Waals surface area contributed by atoms with Crippen LogP contribution in [0.2, 0.25) is 0 Å². The van der Waals surface area contributed by atoms with Crippen LogP contribution >= 0.6 is 0 Å². The van der Waals surface area contributed by atoms with Gasteiger partial charge in [0, 0.05) is 0 Å². The molecule has 0 bridgehead atoms. The molecule has 1 heteroatoms. The van der Waals surface area contributed by atoms with Crippen molar-refractivity contribution < 1.29 is 4.39 Å². The van der Waals surface area contributed by atoms with E-state index in [0.717, 1.165) is 0 Å². The minimum Gasteiger partial charge on any atom is -0.208 e. The highest BCUT2D eigenvalue weighted by Gasteiger charge is 1.89. The minimum absolute atomic E-state index is 0.497. The molecule has 0 fully saturated rings. The van der Waals surface area contributed by atoms with Gasteiger partial charge in [-0.3, -0.25) is 0 Å². The summed E-state index contributed by atoms with van der Waals surface area (Å²) < 4.78 is 12.1. The Morgan fingerprint density at radius 3 is 1.91 bits per heavy atom. The molecular weight excluding hydrogens is 139 g/mol. The van der Waals surface area contributed by atoms with Crippen LogP contribution in [0.15, 0.2) is 61.5 Å². The first-order chi connectivity index (χ1) is 5.07. The molecule has 58 valence electrons. The molecule has 0 unspecified atom stereocenters. The van der Waals surface area contributed by atoms with Crippen LogP contribution in [0.3, 0.4) is 0 Å². The molecule has 0 aromatic rings. The summed E-state index contributed by atoms with van der Waals surface area (Å²) in [7, 11) is 0. The molecular formula is C10H11F. The average molecular weight is 150 g/mol. The largest absolute Gasteiger partial charge is 0.208 e. The second-order valence-electron chi connectivity index (χ2n) is 2.03. The predicted molar refractivity (Wildman–Crippen MR) is 47.9 cm³/mol. The normalized spacial score (nSPS) is 9.55. The lowest BCUT2D eigenvalue weighted by molar-refractivity contribution is 0.671. The van der Waals surface area contributed by atoms with Crippen molar-refractivity contribution in [3.8, 4) is 0 Å². The molecule has 0 saturated heterocycles. The fraction of sp³-hybridized carbons (Fsp3) is 0. The van der Waals surface area contributed by atoms with Crippen molar-refractivity contribution >= 4 is 0 Å². The lowest BCUT2D eigenvalue weighted by Gasteiger charge is -1.95. The number of hydrogen-bond donors (Lipinski definition) is 0. The molecule has 0 saturated carbocycles. The fourth-order valence-corrected chi connectivity index (χ4v) is 0.429. The molecule has 0 rings (SSSR count). The Labute approximate surface area is 66.7 Å². The number of hydrogen-bond acceptors (Lipinski definition) is 0. The third-order valence-corrected chi connectivity index (χ3v) is 1.12. The minimum atomic E-state index is -0.497. The summed E-state index contributed by atoms with van der Waals surface area (Å²) in [5, 5.41) is 0. The van der Waals surface area contributed by atoms with Gasteiger partial charge in [0.2, 0.25) is 0 Å². The van der Waals surface area contributed by atoms with Crippen molar-refractivity contribution in [2.75, 3.05) is 0 Å². The highest BCUT2D eigenvalue weighted by atomic mass is 19.1. The van der Waals surface area contributed by atoms with Crippen molar-refractivity contribution in [2.45, 2.75) is 0 Å². The van der Waals surface area contributed by atoms with E-state index in [1.807, 2.05) is 0 Å². The first kappa shape index (κ1) is 9.63. The molecule has 0 aliphatic heterocycles. The van der Waals surface area contributed by atoms with Crippen molar-refractivity contribution in [2.24, 2.45) is 0 Å². The molecule has 0 aliphatic carbocycles. The monoisotopic (exact) mass is 150 g/mol. The van der Waals surface area contributed by atoms with Gasteiger partial charge in [-0.1, -0.05) is 38.5 Å². The smallest absolute Gasteiger partial charge is 0.116 e. The molecule has 0 atom stereocenters. The van der Waals surface area contributed by atoms with Crippen LogP contribution < -0.4 is 0 Å². The van der Waals surface area contributed by atoms with Crippen LogP contribution in [0.1, 0.15) is 0 Å². The van der Waals surface area contributed by atoms with E-state index in [9.17, 15) is 4.39 Å². The topological polar surface area (TPSA) is 0 Å². The number of halogens is 1. The summed E-state index contributed by atoms with van der Waals surface area (Å²) in [5.74, 6) is -0.497. The predicted octanol–water partition coefficient (Wildman–Crippen LogP) is 3.32. The van der Waals surface area contributed by atoms with Gasteiger partial charge in [-0.2, -0.15) is 0 Å². The molecule has 11 heavy (non-hydrogen) atoms. The van der Waals surface area contributed by atoms with Crippen molar-refractivity contribution in [1.29, 1.82) is 0 Å². The first-order valence-corrected chi connectivity index (χ1v) is 3.11. The van der Waals surface area contributed by atoms with Crippen molar-refractivity contribution in [1.82, 2.24) is 0 Å². The van der Waals surface area contributed by atoms with E-state index >= 15 is 0 Å². The summed E-state index contributed by atoms with van der Waals surface area (Å²) in [6.45, 7) is 13.8. The lowest BCUT2D eigenvalue weighted by atomic mass is 10.1. The van der Waals surface area contributed by atoms with Gasteiger partial charge in [0.05, 0.1) is 0 Å². The zero-order valence-corrected chi connectivity index (χ0v) is 6.44. The van der Waals surface area contributed by atoms with Gasteiger partial charge in [0.15, 0.2) is 0 Å². The van der Waals surface area contributed by atoms with E-state index in [2.05, 4.69) is 26.3 Å². The summed E-state index contributed by atoms with van der Waals surface area (Å²) in [4.78, 5) is 0. The van der Waals surface area contributed by atoms with Crippen molar-refractivity contribution in [3.63, 3.8) is 0 Å². The number of rotatable bonds is 4. The SMILES string of the molecule is C=CC(=C)C(=C)/C=C\C(=C)F. The lowest BCUT2D eigenvalue weighted by Crippen LogP contribution is -1.76. The van der Waals surface area contributed by atoms with Gasteiger partial charge in [-0.05, 0) is 17.2 Å². The Bertz CT molecular complexity index is 231. The van der Waals surface area contributed by atoms with Crippen LogP contribution in [0.5, 0.6) is 0 Å². The summed E-state index contributed by atoms with van der Waals surface area (Å²) in [6, 6.07) is 0. The standard InChI is InChI=1S/C10H11F/c1-5-8(2)9(3)6-7-10(4)11/h5-7H,1-4H2/b7-6-. The molecule has 0 heterocycles. The quantitative estimate of drug-likeness (QED) is 0.539. The molecule has 0 aliphatic rings. The van der Waals surface area contributed by atoms with Crippen LogP contribution in [0, 0.1) is 0 Å². The zero-order chi connectivity index (χ0) is 8.85. The van der Waals surface area contributed by atoms with Gasteiger partial charge in [-0.15, -0.1) is 0 Å². The third kappa shape index (κ3) is 4.09. The Morgan fingerprint density at radius 2 is 1.55 bits per heavy atom.